The van der Waals surface area contributed by atoms with E-state index in [-0.39, 0.29) is 6.42 Å². The molecule has 1 aromatic carbocycles. The summed E-state index contributed by atoms with van der Waals surface area (Å²) in [6, 6.07) is 9.36. The lowest BCUT2D eigenvalue weighted by Crippen LogP contribution is -2.19. The van der Waals surface area contributed by atoms with Gasteiger partial charge >= 0.3 is 5.97 Å². The lowest BCUT2D eigenvalue weighted by Gasteiger charge is -2.13. The minimum atomic E-state index is -0.907. The van der Waals surface area contributed by atoms with Crippen LogP contribution in [0.3, 0.4) is 0 Å². The second kappa shape index (κ2) is 5.46. The molecule has 2 aromatic rings. The van der Waals surface area contributed by atoms with Crippen LogP contribution in [0.2, 0.25) is 0 Å². The normalized spacial score (nSPS) is 12.3. The summed E-state index contributed by atoms with van der Waals surface area (Å²) in [6.07, 6.45) is 3.20. The average Bonchev–Trinajstić information content (AvgIpc) is 2.77. The summed E-state index contributed by atoms with van der Waals surface area (Å²) in [5.74, 6) is -0.907. The molecule has 0 amide bonds. The molecule has 0 saturated carbocycles. The SMILES string of the molecule is NC(CC(=O)O)c1cncn1Cc1ccccc1. The number of carbonyl (C=O) groups is 1. The maximum atomic E-state index is 10.7. The van der Waals surface area contributed by atoms with Gasteiger partial charge in [0.25, 0.3) is 0 Å². The fourth-order valence-corrected chi connectivity index (χ4v) is 1.84. The highest BCUT2D eigenvalue weighted by molar-refractivity contribution is 5.67. The Kier molecular flexibility index (Phi) is 3.74. The molecule has 0 radical (unpaired) electrons. The number of hydrogen-bond donors (Lipinski definition) is 2. The van der Waals surface area contributed by atoms with E-state index >= 15 is 0 Å². The Balaban J connectivity index is 2.15. The zero-order valence-corrected chi connectivity index (χ0v) is 9.86. The van der Waals surface area contributed by atoms with Gasteiger partial charge in [-0.1, -0.05) is 30.3 Å². The largest absolute Gasteiger partial charge is 0.481 e. The van der Waals surface area contributed by atoms with E-state index < -0.39 is 12.0 Å². The molecular weight excluding hydrogens is 230 g/mol. The molecule has 0 saturated heterocycles. The van der Waals surface area contributed by atoms with Gasteiger partial charge in [0.1, 0.15) is 0 Å². The minimum absolute atomic E-state index is 0.0967. The molecule has 18 heavy (non-hydrogen) atoms. The Hall–Kier alpha value is -2.14. The Morgan fingerprint density at radius 3 is 2.78 bits per heavy atom. The number of rotatable bonds is 5. The predicted molar refractivity (Wildman–Crippen MR) is 67.0 cm³/mol. The fraction of sp³-hybridized carbons (Fsp3) is 0.231. The number of nitrogens with zero attached hydrogens (tertiary/aromatic N) is 2. The lowest BCUT2D eigenvalue weighted by molar-refractivity contribution is -0.137. The van der Waals surface area contributed by atoms with E-state index in [1.165, 1.54) is 0 Å². The molecule has 0 fully saturated rings. The standard InChI is InChI=1S/C13H15N3O2/c14-11(6-13(17)18)12-7-15-9-16(12)8-10-4-2-1-3-5-10/h1-5,7,9,11H,6,8,14H2,(H,17,18). The van der Waals surface area contributed by atoms with Crippen molar-refractivity contribution in [1.29, 1.82) is 0 Å². The van der Waals surface area contributed by atoms with E-state index in [0.29, 0.717) is 6.54 Å². The maximum absolute atomic E-state index is 10.7. The fourth-order valence-electron chi connectivity index (χ4n) is 1.84. The van der Waals surface area contributed by atoms with Gasteiger partial charge in [0, 0.05) is 12.7 Å². The monoisotopic (exact) mass is 245 g/mol. The van der Waals surface area contributed by atoms with Gasteiger partial charge in [0.15, 0.2) is 0 Å². The summed E-state index contributed by atoms with van der Waals surface area (Å²) < 4.78 is 1.88. The number of aromatic nitrogens is 2. The summed E-state index contributed by atoms with van der Waals surface area (Å²) in [5.41, 5.74) is 7.71. The number of imidazole rings is 1. The van der Waals surface area contributed by atoms with Gasteiger partial charge in [-0.3, -0.25) is 4.79 Å². The maximum Gasteiger partial charge on any atom is 0.305 e. The van der Waals surface area contributed by atoms with E-state index in [2.05, 4.69) is 4.98 Å². The lowest BCUT2D eigenvalue weighted by atomic mass is 10.1. The second-order valence-electron chi connectivity index (χ2n) is 4.14. The van der Waals surface area contributed by atoms with Crippen molar-refractivity contribution in [2.45, 2.75) is 19.0 Å². The van der Waals surface area contributed by atoms with Crippen LogP contribution in [0, 0.1) is 0 Å². The van der Waals surface area contributed by atoms with Crippen LogP contribution in [0.25, 0.3) is 0 Å². The molecule has 1 unspecified atom stereocenters. The third-order valence-corrected chi connectivity index (χ3v) is 2.71. The second-order valence-corrected chi connectivity index (χ2v) is 4.14. The van der Waals surface area contributed by atoms with E-state index in [1.807, 2.05) is 34.9 Å². The van der Waals surface area contributed by atoms with Crippen molar-refractivity contribution in [2.75, 3.05) is 0 Å². The molecule has 94 valence electrons. The van der Waals surface area contributed by atoms with Gasteiger partial charge in [-0.05, 0) is 5.56 Å². The first-order valence-corrected chi connectivity index (χ1v) is 5.68. The summed E-state index contributed by atoms with van der Waals surface area (Å²) in [7, 11) is 0. The van der Waals surface area contributed by atoms with Crippen molar-refractivity contribution >= 4 is 5.97 Å². The van der Waals surface area contributed by atoms with Gasteiger partial charge in [-0.15, -0.1) is 0 Å². The Morgan fingerprint density at radius 1 is 1.39 bits per heavy atom. The molecule has 3 N–H and O–H groups in total. The molecule has 0 aliphatic heterocycles. The van der Waals surface area contributed by atoms with Crippen LogP contribution in [0.15, 0.2) is 42.9 Å². The van der Waals surface area contributed by atoms with E-state index in [1.54, 1.807) is 12.5 Å². The van der Waals surface area contributed by atoms with Crippen LogP contribution in [0.4, 0.5) is 0 Å². The van der Waals surface area contributed by atoms with Crippen LogP contribution in [0.1, 0.15) is 23.7 Å². The molecule has 0 aliphatic rings. The first kappa shape index (κ1) is 12.3. The number of carboxylic acid groups (broad SMARTS) is 1. The molecular formula is C13H15N3O2. The first-order chi connectivity index (χ1) is 8.66. The quantitative estimate of drug-likeness (QED) is 0.834. The topological polar surface area (TPSA) is 81.1 Å². The van der Waals surface area contributed by atoms with Gasteiger partial charge in [0.05, 0.1) is 24.5 Å². The Labute approximate surface area is 105 Å². The van der Waals surface area contributed by atoms with E-state index in [4.69, 9.17) is 10.8 Å². The van der Waals surface area contributed by atoms with Gasteiger partial charge in [0.2, 0.25) is 0 Å². The molecule has 1 heterocycles. The van der Waals surface area contributed by atoms with Crippen LogP contribution < -0.4 is 5.73 Å². The van der Waals surface area contributed by atoms with Gasteiger partial charge < -0.3 is 15.4 Å². The predicted octanol–water partition coefficient (Wildman–Crippen LogP) is 1.41. The minimum Gasteiger partial charge on any atom is -0.481 e. The summed E-state index contributed by atoms with van der Waals surface area (Å²) in [6.45, 7) is 0.642. The molecule has 0 bridgehead atoms. The van der Waals surface area contributed by atoms with Crippen molar-refractivity contribution in [1.82, 2.24) is 9.55 Å². The highest BCUT2D eigenvalue weighted by atomic mass is 16.4. The smallest absolute Gasteiger partial charge is 0.305 e. The molecule has 0 spiro atoms. The zero-order chi connectivity index (χ0) is 13.0. The average molecular weight is 245 g/mol. The molecule has 0 aliphatic carbocycles. The zero-order valence-electron chi connectivity index (χ0n) is 9.86. The van der Waals surface area contributed by atoms with Gasteiger partial charge in [-0.2, -0.15) is 0 Å². The Morgan fingerprint density at radius 2 is 2.11 bits per heavy atom. The molecule has 5 nitrogen and oxygen atoms in total. The van der Waals surface area contributed by atoms with Crippen molar-refractivity contribution in [2.24, 2.45) is 5.73 Å². The summed E-state index contributed by atoms with van der Waals surface area (Å²) >= 11 is 0. The van der Waals surface area contributed by atoms with Crippen molar-refractivity contribution in [3.63, 3.8) is 0 Å². The van der Waals surface area contributed by atoms with Crippen molar-refractivity contribution < 1.29 is 9.90 Å². The third-order valence-electron chi connectivity index (χ3n) is 2.71. The Bertz CT molecular complexity index is 522. The highest BCUT2D eigenvalue weighted by Crippen LogP contribution is 2.15. The van der Waals surface area contributed by atoms with Gasteiger partial charge in [-0.25, -0.2) is 4.98 Å². The highest BCUT2D eigenvalue weighted by Gasteiger charge is 2.15. The molecule has 5 heteroatoms. The summed E-state index contributed by atoms with van der Waals surface area (Å²) in [4.78, 5) is 14.7. The molecule has 1 atom stereocenters. The van der Waals surface area contributed by atoms with Crippen LogP contribution in [-0.2, 0) is 11.3 Å². The summed E-state index contributed by atoms with van der Waals surface area (Å²) in [5, 5.41) is 8.75. The van der Waals surface area contributed by atoms with Crippen molar-refractivity contribution in [3.8, 4) is 0 Å². The van der Waals surface area contributed by atoms with E-state index in [0.717, 1.165) is 11.3 Å². The molecule has 1 aromatic heterocycles. The van der Waals surface area contributed by atoms with Crippen LogP contribution in [-0.4, -0.2) is 20.6 Å². The van der Waals surface area contributed by atoms with E-state index in [9.17, 15) is 4.79 Å². The number of nitrogens with two attached hydrogens (primary N) is 1. The number of carboxylic acids is 1. The van der Waals surface area contributed by atoms with Crippen LogP contribution in [0.5, 0.6) is 0 Å². The third kappa shape index (κ3) is 2.95. The van der Waals surface area contributed by atoms with Crippen LogP contribution >= 0.6 is 0 Å². The first-order valence-electron chi connectivity index (χ1n) is 5.68. The molecule has 2 rings (SSSR count). The number of hydrogen-bond acceptors (Lipinski definition) is 3. The number of benzene rings is 1. The van der Waals surface area contributed by atoms with Crippen molar-refractivity contribution in [3.05, 3.63) is 54.1 Å². The number of aliphatic carboxylic acids is 1.